The van der Waals surface area contributed by atoms with E-state index >= 15 is 0 Å². The first kappa shape index (κ1) is 10.5. The molecule has 2 fully saturated rings. The number of likely N-dealkylation sites (tertiary alicyclic amines) is 1. The molecule has 0 aromatic rings. The highest BCUT2D eigenvalue weighted by Gasteiger charge is 2.30. The Morgan fingerprint density at radius 1 is 1.43 bits per heavy atom. The Labute approximate surface area is 90.4 Å². The van der Waals surface area contributed by atoms with Crippen molar-refractivity contribution < 1.29 is 4.79 Å². The van der Waals surface area contributed by atoms with Gasteiger partial charge in [-0.1, -0.05) is 6.42 Å². The van der Waals surface area contributed by atoms with Crippen LogP contribution in [-0.2, 0) is 4.79 Å². The van der Waals surface area contributed by atoms with Gasteiger partial charge in [-0.15, -0.1) is 0 Å². The monoisotopic (exact) mass is 213 g/mol. The minimum atomic E-state index is 0.441. The van der Waals surface area contributed by atoms with Gasteiger partial charge >= 0.3 is 0 Å². The van der Waals surface area contributed by atoms with Crippen LogP contribution in [0.3, 0.4) is 0 Å². The molecule has 0 aromatic carbocycles. The highest BCUT2D eigenvalue weighted by Crippen LogP contribution is 2.30. The van der Waals surface area contributed by atoms with Crippen molar-refractivity contribution >= 4 is 17.5 Å². The van der Waals surface area contributed by atoms with E-state index in [1.807, 2.05) is 11.8 Å². The summed E-state index contributed by atoms with van der Waals surface area (Å²) in [7, 11) is 0. The quantitative estimate of drug-likeness (QED) is 0.699. The van der Waals surface area contributed by atoms with Gasteiger partial charge in [0.05, 0.1) is 6.54 Å². The van der Waals surface area contributed by atoms with Crippen molar-refractivity contribution in [2.45, 2.75) is 43.4 Å². The van der Waals surface area contributed by atoms with Gasteiger partial charge in [0, 0.05) is 24.3 Å². The predicted octanol–water partition coefficient (Wildman–Crippen LogP) is 1.94. The Morgan fingerprint density at radius 2 is 2.29 bits per heavy atom. The lowest BCUT2D eigenvalue weighted by molar-refractivity contribution is -0.117. The van der Waals surface area contributed by atoms with Gasteiger partial charge in [0.25, 0.3) is 0 Å². The second-order valence-electron chi connectivity index (χ2n) is 4.44. The van der Waals surface area contributed by atoms with Crippen molar-refractivity contribution in [2.75, 3.05) is 19.3 Å². The molecule has 2 rings (SSSR count). The van der Waals surface area contributed by atoms with Crippen LogP contribution in [0.15, 0.2) is 0 Å². The number of nitrogens with zero attached hydrogens (tertiary/aromatic N) is 1. The van der Waals surface area contributed by atoms with Crippen LogP contribution in [0.5, 0.6) is 0 Å². The molecule has 1 heterocycles. The largest absolute Gasteiger partial charge is 0.298 e. The zero-order valence-corrected chi connectivity index (χ0v) is 9.68. The summed E-state index contributed by atoms with van der Waals surface area (Å²) in [4.78, 5) is 13.6. The van der Waals surface area contributed by atoms with E-state index in [9.17, 15) is 4.79 Å². The second-order valence-corrected chi connectivity index (χ2v) is 5.58. The first-order chi connectivity index (χ1) is 6.79. The van der Waals surface area contributed by atoms with E-state index in [-0.39, 0.29) is 0 Å². The van der Waals surface area contributed by atoms with E-state index in [0.29, 0.717) is 11.8 Å². The van der Waals surface area contributed by atoms with Crippen molar-refractivity contribution in [3.05, 3.63) is 0 Å². The molecule has 2 nitrogen and oxygen atoms in total. The van der Waals surface area contributed by atoms with Crippen LogP contribution in [0.25, 0.3) is 0 Å². The van der Waals surface area contributed by atoms with E-state index in [2.05, 4.69) is 11.2 Å². The molecule has 3 heteroatoms. The molecule has 1 saturated carbocycles. The summed E-state index contributed by atoms with van der Waals surface area (Å²) in [6, 6.07) is 0.702. The Hall–Kier alpha value is -0.0200. The molecular weight excluding hydrogens is 194 g/mol. The lowest BCUT2D eigenvalue weighted by Crippen LogP contribution is -2.38. The normalized spacial score (nSPS) is 35.1. The van der Waals surface area contributed by atoms with Crippen molar-refractivity contribution in [3.63, 3.8) is 0 Å². The Bertz CT molecular complexity index is 219. The van der Waals surface area contributed by atoms with Crippen molar-refractivity contribution in [1.82, 2.24) is 4.90 Å². The van der Waals surface area contributed by atoms with Gasteiger partial charge in [-0.2, -0.15) is 11.8 Å². The second kappa shape index (κ2) is 4.67. The summed E-state index contributed by atoms with van der Waals surface area (Å²) in [5.74, 6) is 0.441. The number of ketones is 1. The van der Waals surface area contributed by atoms with Gasteiger partial charge in [-0.3, -0.25) is 9.69 Å². The van der Waals surface area contributed by atoms with E-state index in [0.717, 1.165) is 24.8 Å². The smallest absolute Gasteiger partial charge is 0.148 e. The summed E-state index contributed by atoms with van der Waals surface area (Å²) in [6.45, 7) is 1.75. The van der Waals surface area contributed by atoms with Gasteiger partial charge in [-0.25, -0.2) is 0 Å². The highest BCUT2D eigenvalue weighted by molar-refractivity contribution is 7.99. The number of thioether (sulfide) groups is 1. The molecule has 2 aliphatic rings. The van der Waals surface area contributed by atoms with Gasteiger partial charge < -0.3 is 0 Å². The molecule has 1 saturated heterocycles. The minimum Gasteiger partial charge on any atom is -0.298 e. The maximum Gasteiger partial charge on any atom is 0.148 e. The third-order valence-electron chi connectivity index (χ3n) is 3.51. The molecule has 2 unspecified atom stereocenters. The number of carbonyl (C=O) groups is 1. The predicted molar refractivity (Wildman–Crippen MR) is 60.8 cm³/mol. The summed E-state index contributed by atoms with van der Waals surface area (Å²) >= 11 is 2.00. The van der Waals surface area contributed by atoms with Crippen LogP contribution < -0.4 is 0 Å². The van der Waals surface area contributed by atoms with Gasteiger partial charge in [0.1, 0.15) is 5.78 Å². The number of rotatable bonds is 2. The Balaban J connectivity index is 1.87. The van der Waals surface area contributed by atoms with Crippen molar-refractivity contribution in [3.8, 4) is 0 Å². The molecule has 14 heavy (non-hydrogen) atoms. The molecule has 0 bridgehead atoms. The van der Waals surface area contributed by atoms with Crippen LogP contribution in [0.4, 0.5) is 0 Å². The summed E-state index contributed by atoms with van der Waals surface area (Å²) in [6.07, 6.45) is 8.34. The molecule has 0 amide bonds. The number of hydrogen-bond donors (Lipinski definition) is 0. The maximum absolute atomic E-state index is 11.2. The van der Waals surface area contributed by atoms with Gasteiger partial charge in [0.2, 0.25) is 0 Å². The van der Waals surface area contributed by atoms with Crippen molar-refractivity contribution in [1.29, 1.82) is 0 Å². The zero-order chi connectivity index (χ0) is 9.97. The number of Topliss-reactive ketones (excluding diaryl/α,β-unsaturated/α-hetero) is 1. The standard InChI is InChI=1S/C11H19NOS/c1-14-11-4-2-3-9(7-11)12-6-5-10(13)8-12/h9,11H,2-8H2,1H3. The van der Waals surface area contributed by atoms with Gasteiger partial charge in [-0.05, 0) is 25.5 Å². The summed E-state index contributed by atoms with van der Waals surface area (Å²) in [5, 5.41) is 0.837. The molecule has 0 N–H and O–H groups in total. The number of carbonyl (C=O) groups excluding carboxylic acids is 1. The SMILES string of the molecule is CSC1CCCC(N2CCC(=O)C2)C1. The summed E-state index contributed by atoms with van der Waals surface area (Å²) in [5.41, 5.74) is 0. The average molecular weight is 213 g/mol. The first-order valence-corrected chi connectivity index (χ1v) is 6.87. The molecule has 1 aliphatic heterocycles. The van der Waals surface area contributed by atoms with Crippen LogP contribution in [0.1, 0.15) is 32.1 Å². The topological polar surface area (TPSA) is 20.3 Å². The zero-order valence-electron chi connectivity index (χ0n) is 8.87. The van der Waals surface area contributed by atoms with Crippen LogP contribution >= 0.6 is 11.8 Å². The molecule has 2 atom stereocenters. The van der Waals surface area contributed by atoms with E-state index in [1.54, 1.807) is 0 Å². The molecule has 0 aromatic heterocycles. The Kier molecular flexibility index (Phi) is 3.50. The van der Waals surface area contributed by atoms with E-state index in [4.69, 9.17) is 0 Å². The lowest BCUT2D eigenvalue weighted by atomic mass is 9.94. The first-order valence-electron chi connectivity index (χ1n) is 5.58. The van der Waals surface area contributed by atoms with E-state index < -0.39 is 0 Å². The molecule has 0 radical (unpaired) electrons. The maximum atomic E-state index is 11.2. The van der Waals surface area contributed by atoms with Gasteiger partial charge in [0.15, 0.2) is 0 Å². The molecule has 0 spiro atoms. The fourth-order valence-corrected chi connectivity index (χ4v) is 3.45. The van der Waals surface area contributed by atoms with E-state index in [1.165, 1.54) is 25.7 Å². The third-order valence-corrected chi connectivity index (χ3v) is 4.60. The summed E-state index contributed by atoms with van der Waals surface area (Å²) < 4.78 is 0. The van der Waals surface area contributed by atoms with Crippen molar-refractivity contribution in [2.24, 2.45) is 0 Å². The number of hydrogen-bond acceptors (Lipinski definition) is 3. The van der Waals surface area contributed by atoms with Crippen LogP contribution in [-0.4, -0.2) is 41.3 Å². The van der Waals surface area contributed by atoms with Crippen LogP contribution in [0, 0.1) is 0 Å². The highest BCUT2D eigenvalue weighted by atomic mass is 32.2. The Morgan fingerprint density at radius 3 is 2.93 bits per heavy atom. The fraction of sp³-hybridized carbons (Fsp3) is 0.909. The minimum absolute atomic E-state index is 0.441. The van der Waals surface area contributed by atoms with Crippen LogP contribution in [0.2, 0.25) is 0 Å². The molecular formula is C11H19NOS. The third kappa shape index (κ3) is 2.31. The molecule has 1 aliphatic carbocycles. The average Bonchev–Trinajstić information content (AvgIpc) is 2.65. The molecule has 80 valence electrons. The fourth-order valence-electron chi connectivity index (χ4n) is 2.63. The lowest BCUT2D eigenvalue weighted by Gasteiger charge is -2.34.